The molecule has 0 radical (unpaired) electrons. The summed E-state index contributed by atoms with van der Waals surface area (Å²) in [6.45, 7) is 7.55. The summed E-state index contributed by atoms with van der Waals surface area (Å²) < 4.78 is 12.4. The van der Waals surface area contributed by atoms with E-state index >= 15 is 0 Å². The molecule has 0 atom stereocenters. The molecule has 47 heavy (non-hydrogen) atoms. The summed E-state index contributed by atoms with van der Waals surface area (Å²) in [7, 11) is 0. The molecule has 4 nitrogen and oxygen atoms in total. The monoisotopic (exact) mass is 688 g/mol. The van der Waals surface area contributed by atoms with Crippen LogP contribution in [0.2, 0.25) is 0 Å². The second-order valence-corrected chi connectivity index (χ2v) is 15.5. The van der Waals surface area contributed by atoms with Crippen molar-refractivity contribution < 1.29 is 9.15 Å². The fourth-order valence-corrected chi connectivity index (χ4v) is 9.11. The molecule has 5 aromatic rings. The van der Waals surface area contributed by atoms with Gasteiger partial charge < -0.3 is 9.15 Å². The number of rotatable bonds is 22. The molecule has 0 unspecified atom stereocenters. The zero-order valence-corrected chi connectivity index (χ0v) is 31.1. The molecule has 4 heterocycles. The first-order valence-electron chi connectivity index (χ1n) is 18.0. The Morgan fingerprint density at radius 2 is 1.17 bits per heavy atom. The first kappa shape index (κ1) is 35.6. The molecule has 0 aliphatic carbocycles. The van der Waals surface area contributed by atoms with Crippen molar-refractivity contribution in [3.05, 3.63) is 64.4 Å². The van der Waals surface area contributed by atoms with Gasteiger partial charge in [0.25, 0.3) is 0 Å². The van der Waals surface area contributed by atoms with Crippen molar-refractivity contribution in [1.29, 1.82) is 0 Å². The van der Waals surface area contributed by atoms with Crippen LogP contribution in [0.1, 0.15) is 122 Å². The summed E-state index contributed by atoms with van der Waals surface area (Å²) in [5.41, 5.74) is 4.81. The van der Waals surface area contributed by atoms with Gasteiger partial charge in [-0.2, -0.15) is 0 Å². The Labute approximate surface area is 294 Å². The van der Waals surface area contributed by atoms with E-state index in [0.29, 0.717) is 11.8 Å². The second-order valence-electron chi connectivity index (χ2n) is 12.7. The minimum atomic E-state index is 0.537. The van der Waals surface area contributed by atoms with Crippen molar-refractivity contribution in [3.63, 3.8) is 0 Å². The summed E-state index contributed by atoms with van der Waals surface area (Å²) in [6, 6.07) is 15.1. The minimum Gasteiger partial charge on any atom is -0.494 e. The van der Waals surface area contributed by atoms with Crippen LogP contribution in [0.3, 0.4) is 0 Å². The van der Waals surface area contributed by atoms with Crippen LogP contribution in [0.4, 0.5) is 0 Å². The molecule has 7 heteroatoms. The Kier molecular flexibility index (Phi) is 14.6. The maximum absolute atomic E-state index is 6.38. The molecule has 0 aliphatic rings. The summed E-state index contributed by atoms with van der Waals surface area (Å²) in [4.78, 5) is 5.09. The van der Waals surface area contributed by atoms with E-state index in [1.807, 2.05) is 58.3 Å². The van der Waals surface area contributed by atoms with Crippen LogP contribution >= 0.6 is 34.0 Å². The van der Waals surface area contributed by atoms with Gasteiger partial charge in [-0.3, -0.25) is 0 Å². The second kappa shape index (κ2) is 19.3. The molecule has 0 saturated heterocycles. The van der Waals surface area contributed by atoms with E-state index in [1.165, 1.54) is 114 Å². The van der Waals surface area contributed by atoms with E-state index in [9.17, 15) is 0 Å². The molecule has 0 spiro atoms. The maximum Gasteiger partial charge on any atom is 0.249 e. The summed E-state index contributed by atoms with van der Waals surface area (Å²) in [6.07, 6.45) is 20.1. The summed E-state index contributed by atoms with van der Waals surface area (Å²) in [5, 5.41) is 13.7. The number of aryl methyl sites for hydroxylation is 2. The highest BCUT2D eigenvalue weighted by Crippen LogP contribution is 2.46. The van der Waals surface area contributed by atoms with Gasteiger partial charge >= 0.3 is 0 Å². The topological polar surface area (TPSA) is 48.2 Å². The van der Waals surface area contributed by atoms with Gasteiger partial charge in [-0.25, -0.2) is 0 Å². The predicted octanol–water partition coefficient (Wildman–Crippen LogP) is 13.9. The van der Waals surface area contributed by atoms with Crippen molar-refractivity contribution >= 4 is 34.0 Å². The van der Waals surface area contributed by atoms with E-state index in [-0.39, 0.29) is 0 Å². The Morgan fingerprint density at radius 1 is 0.596 bits per heavy atom. The van der Waals surface area contributed by atoms with E-state index in [0.717, 1.165) is 42.7 Å². The third-order valence-corrected chi connectivity index (χ3v) is 12.1. The number of hydrogen-bond donors (Lipinski definition) is 0. The van der Waals surface area contributed by atoms with Crippen LogP contribution in [0.15, 0.2) is 57.6 Å². The standard InChI is InChI=1S/C40H52N2O2S3/c1-4-7-10-13-14-17-24-43-33-22-20-32(21-23-33)39-41-42-40(44-39)34-27-36(35-25-30(28-45-35)18-15-11-8-5-2)47-38(34)37-26-31(29-46-37)19-16-12-9-6-3/h20-23,25-29H,4-19,24H2,1-3H3. The zero-order chi connectivity index (χ0) is 32.7. The van der Waals surface area contributed by atoms with Gasteiger partial charge in [-0.1, -0.05) is 91.4 Å². The highest BCUT2D eigenvalue weighted by atomic mass is 32.1. The number of thiophene rings is 3. The first-order valence-corrected chi connectivity index (χ1v) is 20.6. The summed E-state index contributed by atoms with van der Waals surface area (Å²) in [5.74, 6) is 2.00. The number of benzene rings is 1. The van der Waals surface area contributed by atoms with Crippen LogP contribution in [0.25, 0.3) is 42.4 Å². The van der Waals surface area contributed by atoms with Gasteiger partial charge in [-0.05, 0) is 96.5 Å². The van der Waals surface area contributed by atoms with Crippen LogP contribution in [-0.2, 0) is 12.8 Å². The number of aromatic nitrogens is 2. The van der Waals surface area contributed by atoms with E-state index in [4.69, 9.17) is 9.15 Å². The van der Waals surface area contributed by atoms with Crippen LogP contribution in [-0.4, -0.2) is 16.8 Å². The van der Waals surface area contributed by atoms with Crippen molar-refractivity contribution in [3.8, 4) is 48.2 Å². The minimum absolute atomic E-state index is 0.537. The smallest absolute Gasteiger partial charge is 0.249 e. The van der Waals surface area contributed by atoms with Crippen molar-refractivity contribution in [1.82, 2.24) is 10.2 Å². The van der Waals surface area contributed by atoms with E-state index in [1.54, 1.807) is 0 Å². The highest BCUT2D eigenvalue weighted by Gasteiger charge is 2.21. The molecular formula is C40H52N2O2S3. The number of hydrogen-bond acceptors (Lipinski definition) is 7. The molecule has 0 amide bonds. The van der Waals surface area contributed by atoms with E-state index < -0.39 is 0 Å². The first-order chi connectivity index (χ1) is 23.2. The molecule has 4 aromatic heterocycles. The summed E-state index contributed by atoms with van der Waals surface area (Å²) >= 11 is 5.53. The van der Waals surface area contributed by atoms with Gasteiger partial charge in [0.15, 0.2) is 0 Å². The Bertz CT molecular complexity index is 1590. The number of ether oxygens (including phenoxy) is 1. The Morgan fingerprint density at radius 3 is 1.85 bits per heavy atom. The van der Waals surface area contributed by atoms with Crippen LogP contribution in [0, 0.1) is 0 Å². The number of unbranched alkanes of at least 4 members (excludes halogenated alkanes) is 11. The lowest BCUT2D eigenvalue weighted by Crippen LogP contribution is -1.97. The molecule has 252 valence electrons. The third kappa shape index (κ3) is 10.6. The van der Waals surface area contributed by atoms with Crippen molar-refractivity contribution in [2.45, 2.75) is 124 Å². The van der Waals surface area contributed by atoms with Gasteiger partial charge in [0.2, 0.25) is 11.8 Å². The molecule has 0 bridgehead atoms. The highest BCUT2D eigenvalue weighted by molar-refractivity contribution is 7.26. The maximum atomic E-state index is 6.38. The Balaban J connectivity index is 1.31. The largest absolute Gasteiger partial charge is 0.494 e. The van der Waals surface area contributed by atoms with Gasteiger partial charge in [0, 0.05) is 20.2 Å². The van der Waals surface area contributed by atoms with Crippen LogP contribution < -0.4 is 4.74 Å². The normalized spacial score (nSPS) is 11.5. The predicted molar refractivity (Wildman–Crippen MR) is 204 cm³/mol. The van der Waals surface area contributed by atoms with Gasteiger partial charge in [0.1, 0.15) is 5.75 Å². The molecule has 0 fully saturated rings. The SMILES string of the molecule is CCCCCCCCOc1ccc(-c2nnc(-c3cc(-c4cc(CCCCCC)cs4)sc3-c3cc(CCCCCC)cs3)o2)cc1. The average molecular weight is 689 g/mol. The molecule has 0 N–H and O–H groups in total. The Hall–Kier alpha value is -2.74. The average Bonchev–Trinajstić information content (AvgIpc) is 3.91. The molecule has 0 aliphatic heterocycles. The van der Waals surface area contributed by atoms with Crippen molar-refractivity contribution in [2.24, 2.45) is 0 Å². The lowest BCUT2D eigenvalue weighted by molar-refractivity contribution is 0.304. The molecule has 1 aromatic carbocycles. The van der Waals surface area contributed by atoms with Gasteiger partial charge in [-0.15, -0.1) is 44.2 Å². The van der Waals surface area contributed by atoms with Crippen molar-refractivity contribution in [2.75, 3.05) is 6.61 Å². The lowest BCUT2D eigenvalue weighted by atomic mass is 10.1. The van der Waals surface area contributed by atoms with E-state index in [2.05, 4.69) is 59.9 Å². The lowest BCUT2D eigenvalue weighted by Gasteiger charge is -2.06. The van der Waals surface area contributed by atoms with Gasteiger partial charge in [0.05, 0.1) is 17.0 Å². The molecule has 5 rings (SSSR count). The molecule has 0 saturated carbocycles. The third-order valence-electron chi connectivity index (χ3n) is 8.67. The zero-order valence-electron chi connectivity index (χ0n) is 28.7. The number of nitrogens with zero attached hydrogens (tertiary/aromatic N) is 2. The van der Waals surface area contributed by atoms with Crippen LogP contribution in [0.5, 0.6) is 5.75 Å². The quantitative estimate of drug-likeness (QED) is 0.0679. The fraction of sp³-hybridized carbons (Fsp3) is 0.500. The fourth-order valence-electron chi connectivity index (χ4n) is 5.84. The molecular weight excluding hydrogens is 637 g/mol.